The Morgan fingerprint density at radius 2 is 2.23 bits per heavy atom. The lowest BCUT2D eigenvalue weighted by Gasteiger charge is -2.08. The van der Waals surface area contributed by atoms with Crippen molar-refractivity contribution in [3.05, 3.63) is 29.8 Å². The Morgan fingerprint density at radius 3 is 2.85 bits per heavy atom. The van der Waals surface area contributed by atoms with Gasteiger partial charge in [0.05, 0.1) is 5.56 Å². The van der Waals surface area contributed by atoms with E-state index in [0.717, 1.165) is 10.5 Å². The van der Waals surface area contributed by atoms with E-state index in [1.165, 1.54) is 0 Å². The van der Waals surface area contributed by atoms with Gasteiger partial charge in [-0.15, -0.1) is 11.8 Å². The highest BCUT2D eigenvalue weighted by atomic mass is 32.2. The maximum atomic E-state index is 8.81. The fraction of sp³-hybridized carbons (Fsp3) is 0.300. The standard InChI is InChI=1S/C10H12N2S/c1-8(6-11)13-10-5-3-2-4-9(10)7-12/h2-5,8H,6,11H2,1H3. The lowest BCUT2D eigenvalue weighted by molar-refractivity contribution is 0.951. The van der Waals surface area contributed by atoms with Crippen LogP contribution >= 0.6 is 11.8 Å². The lowest BCUT2D eigenvalue weighted by Crippen LogP contribution is -2.12. The molecule has 0 radical (unpaired) electrons. The second-order valence-electron chi connectivity index (χ2n) is 2.77. The Balaban J connectivity index is 2.82. The number of nitrogens with two attached hydrogens (primary N) is 1. The molecule has 2 N–H and O–H groups in total. The fourth-order valence-electron chi connectivity index (χ4n) is 0.927. The molecule has 0 aliphatic rings. The third-order valence-corrected chi connectivity index (χ3v) is 2.87. The van der Waals surface area contributed by atoms with Crippen molar-refractivity contribution in [1.29, 1.82) is 5.26 Å². The van der Waals surface area contributed by atoms with Crippen molar-refractivity contribution in [3.8, 4) is 6.07 Å². The molecular formula is C10H12N2S. The molecule has 0 aliphatic heterocycles. The smallest absolute Gasteiger partial charge is 0.100 e. The van der Waals surface area contributed by atoms with Crippen molar-refractivity contribution in [1.82, 2.24) is 0 Å². The normalized spacial score (nSPS) is 12.1. The third kappa shape index (κ3) is 2.76. The molecule has 0 spiro atoms. The average Bonchev–Trinajstić information content (AvgIpc) is 2.18. The van der Waals surface area contributed by atoms with Crippen molar-refractivity contribution in [2.24, 2.45) is 5.73 Å². The zero-order chi connectivity index (χ0) is 9.68. The van der Waals surface area contributed by atoms with E-state index in [1.807, 2.05) is 24.3 Å². The lowest BCUT2D eigenvalue weighted by atomic mass is 10.2. The molecule has 1 rings (SSSR count). The van der Waals surface area contributed by atoms with Crippen LogP contribution in [0.3, 0.4) is 0 Å². The Labute approximate surface area is 82.7 Å². The molecule has 0 saturated heterocycles. The van der Waals surface area contributed by atoms with Crippen LogP contribution in [-0.4, -0.2) is 11.8 Å². The molecule has 0 heterocycles. The van der Waals surface area contributed by atoms with Gasteiger partial charge < -0.3 is 5.73 Å². The summed E-state index contributed by atoms with van der Waals surface area (Å²) in [6.07, 6.45) is 0. The first-order valence-electron chi connectivity index (χ1n) is 4.13. The third-order valence-electron chi connectivity index (χ3n) is 1.67. The zero-order valence-corrected chi connectivity index (χ0v) is 8.34. The molecule has 0 aromatic heterocycles. The Hall–Kier alpha value is -0.980. The fourth-order valence-corrected chi connectivity index (χ4v) is 1.85. The van der Waals surface area contributed by atoms with E-state index < -0.39 is 0 Å². The summed E-state index contributed by atoms with van der Waals surface area (Å²) >= 11 is 1.65. The van der Waals surface area contributed by atoms with E-state index in [9.17, 15) is 0 Å². The first kappa shape index (κ1) is 10.1. The van der Waals surface area contributed by atoms with E-state index in [0.29, 0.717) is 11.8 Å². The van der Waals surface area contributed by atoms with Crippen LogP contribution in [0.2, 0.25) is 0 Å². The SMILES string of the molecule is CC(CN)Sc1ccccc1C#N. The number of benzene rings is 1. The van der Waals surface area contributed by atoms with Crippen LogP contribution in [0.25, 0.3) is 0 Å². The molecule has 0 aliphatic carbocycles. The minimum Gasteiger partial charge on any atom is -0.329 e. The van der Waals surface area contributed by atoms with Crippen molar-refractivity contribution in [3.63, 3.8) is 0 Å². The molecule has 1 aromatic rings. The van der Waals surface area contributed by atoms with Gasteiger partial charge in [0, 0.05) is 16.7 Å². The van der Waals surface area contributed by atoms with Crippen LogP contribution in [0.4, 0.5) is 0 Å². The topological polar surface area (TPSA) is 49.8 Å². The minimum absolute atomic E-state index is 0.356. The number of nitriles is 1. The molecule has 0 amide bonds. The van der Waals surface area contributed by atoms with Crippen molar-refractivity contribution < 1.29 is 0 Å². The molecule has 0 saturated carbocycles. The second-order valence-corrected chi connectivity index (χ2v) is 4.25. The van der Waals surface area contributed by atoms with Crippen molar-refractivity contribution in [2.45, 2.75) is 17.1 Å². The highest BCUT2D eigenvalue weighted by Gasteiger charge is 2.05. The van der Waals surface area contributed by atoms with Gasteiger partial charge in [-0.25, -0.2) is 0 Å². The van der Waals surface area contributed by atoms with Gasteiger partial charge in [-0.05, 0) is 12.1 Å². The zero-order valence-electron chi connectivity index (χ0n) is 7.53. The highest BCUT2D eigenvalue weighted by Crippen LogP contribution is 2.25. The highest BCUT2D eigenvalue weighted by molar-refractivity contribution is 8.00. The summed E-state index contributed by atoms with van der Waals surface area (Å²) < 4.78 is 0. The number of hydrogen-bond acceptors (Lipinski definition) is 3. The summed E-state index contributed by atoms with van der Waals surface area (Å²) in [6.45, 7) is 2.68. The predicted molar refractivity (Wildman–Crippen MR) is 55.5 cm³/mol. The summed E-state index contributed by atoms with van der Waals surface area (Å²) in [5.41, 5.74) is 6.24. The number of rotatable bonds is 3. The minimum atomic E-state index is 0.356. The van der Waals surface area contributed by atoms with E-state index in [-0.39, 0.29) is 0 Å². The molecular weight excluding hydrogens is 180 g/mol. The Morgan fingerprint density at radius 1 is 1.54 bits per heavy atom. The molecule has 3 heteroatoms. The molecule has 68 valence electrons. The van der Waals surface area contributed by atoms with Gasteiger partial charge in [-0.2, -0.15) is 5.26 Å². The molecule has 2 nitrogen and oxygen atoms in total. The van der Waals surface area contributed by atoms with E-state index in [1.54, 1.807) is 11.8 Å². The van der Waals surface area contributed by atoms with Gasteiger partial charge in [0.1, 0.15) is 6.07 Å². The van der Waals surface area contributed by atoms with E-state index >= 15 is 0 Å². The first-order valence-corrected chi connectivity index (χ1v) is 5.01. The van der Waals surface area contributed by atoms with Crippen LogP contribution in [-0.2, 0) is 0 Å². The average molecular weight is 192 g/mol. The molecule has 1 atom stereocenters. The largest absolute Gasteiger partial charge is 0.329 e. The molecule has 1 unspecified atom stereocenters. The Bertz CT molecular complexity index is 317. The van der Waals surface area contributed by atoms with Crippen molar-refractivity contribution in [2.75, 3.05) is 6.54 Å². The molecule has 0 bridgehead atoms. The van der Waals surface area contributed by atoms with Crippen LogP contribution in [0.1, 0.15) is 12.5 Å². The van der Waals surface area contributed by atoms with Crippen LogP contribution < -0.4 is 5.73 Å². The van der Waals surface area contributed by atoms with Gasteiger partial charge in [0.15, 0.2) is 0 Å². The summed E-state index contributed by atoms with van der Waals surface area (Å²) in [5, 5.41) is 9.17. The maximum absolute atomic E-state index is 8.81. The molecule has 0 fully saturated rings. The summed E-state index contributed by atoms with van der Waals surface area (Å²) in [4.78, 5) is 1.02. The van der Waals surface area contributed by atoms with Gasteiger partial charge in [-0.3, -0.25) is 0 Å². The Kier molecular flexibility index (Phi) is 3.81. The first-order chi connectivity index (χ1) is 6.27. The number of hydrogen-bond donors (Lipinski definition) is 1. The molecule has 13 heavy (non-hydrogen) atoms. The van der Waals surface area contributed by atoms with Gasteiger partial charge >= 0.3 is 0 Å². The number of nitrogens with zero attached hydrogens (tertiary/aromatic N) is 1. The van der Waals surface area contributed by atoms with Crippen molar-refractivity contribution >= 4 is 11.8 Å². The monoisotopic (exact) mass is 192 g/mol. The molecule has 1 aromatic carbocycles. The predicted octanol–water partition coefficient (Wildman–Crippen LogP) is 2.00. The summed E-state index contributed by atoms with van der Waals surface area (Å²) in [7, 11) is 0. The van der Waals surface area contributed by atoms with Crippen LogP contribution in [0, 0.1) is 11.3 Å². The maximum Gasteiger partial charge on any atom is 0.100 e. The van der Waals surface area contributed by atoms with E-state index in [2.05, 4.69) is 13.0 Å². The van der Waals surface area contributed by atoms with Gasteiger partial charge in [0.2, 0.25) is 0 Å². The van der Waals surface area contributed by atoms with Crippen LogP contribution in [0.15, 0.2) is 29.2 Å². The number of thioether (sulfide) groups is 1. The van der Waals surface area contributed by atoms with E-state index in [4.69, 9.17) is 11.0 Å². The quantitative estimate of drug-likeness (QED) is 0.745. The second kappa shape index (κ2) is 4.90. The van der Waals surface area contributed by atoms with Gasteiger partial charge in [0.25, 0.3) is 0 Å². The van der Waals surface area contributed by atoms with Crippen LogP contribution in [0.5, 0.6) is 0 Å². The summed E-state index contributed by atoms with van der Waals surface area (Å²) in [5.74, 6) is 0. The summed E-state index contributed by atoms with van der Waals surface area (Å²) in [6, 6.07) is 9.75. The van der Waals surface area contributed by atoms with Gasteiger partial charge in [-0.1, -0.05) is 19.1 Å².